The van der Waals surface area contributed by atoms with Gasteiger partial charge in [0.15, 0.2) is 5.96 Å². The molecule has 0 saturated carbocycles. The van der Waals surface area contributed by atoms with Gasteiger partial charge in [0.1, 0.15) is 5.60 Å². The number of guanidine groups is 1. The lowest BCUT2D eigenvalue weighted by Gasteiger charge is -2.19. The van der Waals surface area contributed by atoms with Crippen LogP contribution in [0.25, 0.3) is 0 Å². The minimum atomic E-state index is -0.389. The first-order valence-corrected chi connectivity index (χ1v) is 10.8. The Morgan fingerprint density at radius 1 is 1.21 bits per heavy atom. The van der Waals surface area contributed by atoms with Gasteiger partial charge in [0, 0.05) is 37.9 Å². The highest BCUT2D eigenvalue weighted by atomic mass is 127. The molecule has 0 aliphatic rings. The number of unbranched alkanes of at least 4 members (excludes halogenated alkanes) is 3. The average Bonchev–Trinajstić information content (AvgIpc) is 2.97. The Hall–Kier alpha value is -0.900. The molecular formula is C20H37IN4O2S. The smallest absolute Gasteiger partial charge is 0.306 e. The number of thiazole rings is 1. The van der Waals surface area contributed by atoms with Crippen LogP contribution in [0.1, 0.15) is 70.5 Å². The molecule has 1 aromatic rings. The molecule has 0 aromatic carbocycles. The monoisotopic (exact) mass is 524 g/mol. The lowest BCUT2D eigenvalue weighted by Crippen LogP contribution is -2.38. The van der Waals surface area contributed by atoms with Gasteiger partial charge in [0.25, 0.3) is 0 Å². The van der Waals surface area contributed by atoms with Gasteiger partial charge in [0.2, 0.25) is 0 Å². The van der Waals surface area contributed by atoms with Crippen LogP contribution in [0.2, 0.25) is 0 Å². The number of carbonyl (C=O) groups excluding carboxylic acids is 1. The number of nitrogens with zero attached hydrogens (tertiary/aromatic N) is 2. The summed E-state index contributed by atoms with van der Waals surface area (Å²) in [4.78, 5) is 20.7. The number of aryl methyl sites for hydroxylation is 1. The quantitative estimate of drug-likeness (QED) is 0.147. The molecule has 0 atom stereocenters. The van der Waals surface area contributed by atoms with Crippen molar-refractivity contribution in [2.75, 3.05) is 19.6 Å². The largest absolute Gasteiger partial charge is 0.460 e. The molecule has 0 saturated heterocycles. The topological polar surface area (TPSA) is 75.6 Å². The number of ether oxygens (including phenoxy) is 1. The fraction of sp³-hybridized carbons (Fsp3) is 0.750. The normalized spacial score (nSPS) is 11.7. The molecule has 162 valence electrons. The van der Waals surface area contributed by atoms with Crippen LogP contribution in [0.15, 0.2) is 10.4 Å². The van der Waals surface area contributed by atoms with Crippen LogP contribution in [0, 0.1) is 6.92 Å². The van der Waals surface area contributed by atoms with Gasteiger partial charge in [-0.2, -0.15) is 0 Å². The van der Waals surface area contributed by atoms with Crippen LogP contribution in [0.3, 0.4) is 0 Å². The minimum absolute atomic E-state index is 0. The molecule has 0 radical (unpaired) electrons. The molecule has 1 rings (SSSR count). The van der Waals surface area contributed by atoms with Crippen molar-refractivity contribution in [3.63, 3.8) is 0 Å². The molecule has 0 unspecified atom stereocenters. The maximum absolute atomic E-state index is 11.6. The predicted octanol–water partition coefficient (Wildman–Crippen LogP) is 4.46. The van der Waals surface area contributed by atoms with Crippen LogP contribution in [-0.4, -0.2) is 42.1 Å². The Morgan fingerprint density at radius 2 is 1.93 bits per heavy atom. The maximum Gasteiger partial charge on any atom is 0.306 e. The van der Waals surface area contributed by atoms with Crippen LogP contribution in [0.5, 0.6) is 0 Å². The fourth-order valence-corrected chi connectivity index (χ4v) is 3.14. The van der Waals surface area contributed by atoms with Crippen molar-refractivity contribution in [2.24, 2.45) is 4.99 Å². The zero-order chi connectivity index (χ0) is 20.1. The third-order valence-electron chi connectivity index (χ3n) is 3.66. The molecule has 2 N–H and O–H groups in total. The summed E-state index contributed by atoms with van der Waals surface area (Å²) >= 11 is 1.69. The van der Waals surface area contributed by atoms with Crippen molar-refractivity contribution in [3.05, 3.63) is 16.1 Å². The van der Waals surface area contributed by atoms with Crippen molar-refractivity contribution in [3.8, 4) is 0 Å². The van der Waals surface area contributed by atoms with E-state index in [4.69, 9.17) is 4.74 Å². The lowest BCUT2D eigenvalue weighted by molar-refractivity contribution is -0.154. The van der Waals surface area contributed by atoms with Crippen molar-refractivity contribution in [2.45, 2.75) is 78.7 Å². The number of carbonyl (C=O) groups is 1. The molecule has 1 heterocycles. The summed E-state index contributed by atoms with van der Waals surface area (Å²) in [6, 6.07) is 0. The number of rotatable bonds is 11. The van der Waals surface area contributed by atoms with E-state index in [-0.39, 0.29) is 35.5 Å². The summed E-state index contributed by atoms with van der Waals surface area (Å²) in [6.45, 7) is 12.3. The number of hydrogen-bond donors (Lipinski definition) is 2. The Kier molecular flexibility index (Phi) is 14.5. The standard InChI is InChI=1S/C20H36N4O2S.HI/c1-6-21-19(23-14-12-17-15-27-16(2)24-17)22-13-10-8-7-9-11-18(25)26-20(3,4)5;/h15H,6-14H2,1-5H3,(H2,21,22,23);1H. The number of nitrogens with one attached hydrogen (secondary N) is 2. The van der Waals surface area contributed by atoms with Gasteiger partial charge in [-0.05, 0) is 47.5 Å². The molecule has 0 fully saturated rings. The van der Waals surface area contributed by atoms with Gasteiger partial charge in [-0.15, -0.1) is 35.3 Å². The first-order valence-electron chi connectivity index (χ1n) is 9.95. The highest BCUT2D eigenvalue weighted by Crippen LogP contribution is 2.11. The summed E-state index contributed by atoms with van der Waals surface area (Å²) in [5, 5.41) is 9.85. The van der Waals surface area contributed by atoms with E-state index in [1.165, 1.54) is 0 Å². The summed E-state index contributed by atoms with van der Waals surface area (Å²) in [5.74, 6) is 0.757. The summed E-state index contributed by atoms with van der Waals surface area (Å²) in [6.07, 6.45) is 5.41. The third kappa shape index (κ3) is 14.1. The van der Waals surface area contributed by atoms with Crippen molar-refractivity contribution < 1.29 is 9.53 Å². The molecule has 0 amide bonds. The Balaban J connectivity index is 0.00000729. The molecule has 0 aliphatic heterocycles. The maximum atomic E-state index is 11.6. The first kappa shape index (κ1) is 27.1. The van der Waals surface area contributed by atoms with Gasteiger partial charge in [-0.1, -0.05) is 12.8 Å². The van der Waals surface area contributed by atoms with E-state index in [1.54, 1.807) is 11.3 Å². The van der Waals surface area contributed by atoms with Gasteiger partial charge < -0.3 is 15.4 Å². The highest BCUT2D eigenvalue weighted by molar-refractivity contribution is 14.0. The van der Waals surface area contributed by atoms with Crippen LogP contribution in [-0.2, 0) is 16.0 Å². The number of halogens is 1. The van der Waals surface area contributed by atoms with E-state index in [2.05, 4.69) is 32.9 Å². The van der Waals surface area contributed by atoms with E-state index in [9.17, 15) is 4.79 Å². The van der Waals surface area contributed by atoms with Crippen molar-refractivity contribution in [1.82, 2.24) is 15.6 Å². The Bertz CT molecular complexity index is 585. The molecule has 28 heavy (non-hydrogen) atoms. The SMILES string of the molecule is CCNC(=NCCCCCCC(=O)OC(C)(C)C)NCCc1csc(C)n1.I. The average molecular weight is 525 g/mol. The van der Waals surface area contributed by atoms with Crippen molar-refractivity contribution >= 4 is 47.2 Å². The summed E-state index contributed by atoms with van der Waals surface area (Å²) in [5.41, 5.74) is 0.741. The van der Waals surface area contributed by atoms with E-state index in [0.717, 1.165) is 68.4 Å². The zero-order valence-electron chi connectivity index (χ0n) is 18.0. The van der Waals surface area contributed by atoms with Gasteiger partial charge in [-0.3, -0.25) is 9.79 Å². The van der Waals surface area contributed by atoms with E-state index >= 15 is 0 Å². The predicted molar refractivity (Wildman–Crippen MR) is 129 cm³/mol. The van der Waals surface area contributed by atoms with E-state index < -0.39 is 0 Å². The van der Waals surface area contributed by atoms with Crippen LogP contribution in [0.4, 0.5) is 0 Å². The summed E-state index contributed by atoms with van der Waals surface area (Å²) < 4.78 is 5.31. The molecule has 8 heteroatoms. The summed E-state index contributed by atoms with van der Waals surface area (Å²) in [7, 11) is 0. The molecule has 0 spiro atoms. The lowest BCUT2D eigenvalue weighted by atomic mass is 10.1. The first-order chi connectivity index (χ1) is 12.8. The van der Waals surface area contributed by atoms with Gasteiger partial charge in [0.05, 0.1) is 10.7 Å². The second kappa shape index (κ2) is 15.0. The Morgan fingerprint density at radius 3 is 2.54 bits per heavy atom. The molecule has 0 aliphatic carbocycles. The van der Waals surface area contributed by atoms with E-state index in [1.807, 2.05) is 27.7 Å². The molecule has 6 nitrogen and oxygen atoms in total. The molecule has 0 bridgehead atoms. The van der Waals surface area contributed by atoms with E-state index in [0.29, 0.717) is 6.42 Å². The van der Waals surface area contributed by atoms with Crippen LogP contribution >= 0.6 is 35.3 Å². The Labute approximate surface area is 191 Å². The minimum Gasteiger partial charge on any atom is -0.460 e. The second-order valence-electron chi connectivity index (χ2n) is 7.55. The number of aromatic nitrogens is 1. The molecule has 1 aromatic heterocycles. The number of aliphatic imine (C=N–C) groups is 1. The number of esters is 1. The number of hydrogen-bond acceptors (Lipinski definition) is 5. The zero-order valence-corrected chi connectivity index (χ0v) is 21.1. The highest BCUT2D eigenvalue weighted by Gasteiger charge is 2.15. The van der Waals surface area contributed by atoms with Gasteiger partial charge in [-0.25, -0.2) is 4.98 Å². The van der Waals surface area contributed by atoms with Crippen molar-refractivity contribution in [1.29, 1.82) is 0 Å². The fourth-order valence-electron chi connectivity index (χ4n) is 2.49. The van der Waals surface area contributed by atoms with Gasteiger partial charge >= 0.3 is 5.97 Å². The third-order valence-corrected chi connectivity index (χ3v) is 4.49. The van der Waals surface area contributed by atoms with Crippen LogP contribution < -0.4 is 10.6 Å². The molecular weight excluding hydrogens is 487 g/mol. The second-order valence-corrected chi connectivity index (χ2v) is 8.61.